The molecule has 2 saturated heterocycles. The van der Waals surface area contributed by atoms with E-state index >= 15 is 0 Å². The van der Waals surface area contributed by atoms with Gasteiger partial charge in [0.05, 0.1) is 13.0 Å². The molecule has 0 aliphatic carbocycles. The van der Waals surface area contributed by atoms with Crippen molar-refractivity contribution in [2.24, 2.45) is 5.92 Å². The van der Waals surface area contributed by atoms with Crippen molar-refractivity contribution in [3.05, 3.63) is 22.4 Å². The number of likely N-dealkylation sites (tertiary alicyclic amines) is 1. The van der Waals surface area contributed by atoms with Crippen LogP contribution in [0.1, 0.15) is 24.6 Å². The zero-order valence-electron chi connectivity index (χ0n) is 15.8. The lowest BCUT2D eigenvalue weighted by Gasteiger charge is -2.38. The fraction of sp³-hybridized carbons (Fsp3) is 0.632. The first-order valence-electron chi connectivity index (χ1n) is 9.59. The summed E-state index contributed by atoms with van der Waals surface area (Å²) in [7, 11) is 0. The lowest BCUT2D eigenvalue weighted by molar-refractivity contribution is -0.141. The first kappa shape index (κ1) is 19.7. The normalized spacial score (nSPS) is 18.5. The molecule has 3 rings (SSSR count). The Hall–Kier alpha value is -2.09. The summed E-state index contributed by atoms with van der Waals surface area (Å²) >= 11 is 1.60. The summed E-state index contributed by atoms with van der Waals surface area (Å²) < 4.78 is 5.01. The number of rotatable bonds is 4. The molecule has 27 heavy (non-hydrogen) atoms. The van der Waals surface area contributed by atoms with Gasteiger partial charge in [-0.1, -0.05) is 6.07 Å². The monoisotopic (exact) mass is 393 g/mol. The van der Waals surface area contributed by atoms with Crippen LogP contribution in [-0.4, -0.2) is 78.5 Å². The van der Waals surface area contributed by atoms with Gasteiger partial charge in [0.25, 0.3) is 0 Å². The average molecular weight is 394 g/mol. The first-order chi connectivity index (χ1) is 13.1. The van der Waals surface area contributed by atoms with Crippen LogP contribution in [0.2, 0.25) is 0 Å². The quantitative estimate of drug-likeness (QED) is 0.783. The summed E-state index contributed by atoms with van der Waals surface area (Å²) in [6.07, 6.45) is 1.58. The van der Waals surface area contributed by atoms with Gasteiger partial charge in [-0.2, -0.15) is 0 Å². The molecular weight excluding hydrogens is 366 g/mol. The fourth-order valence-electron chi connectivity index (χ4n) is 3.63. The summed E-state index contributed by atoms with van der Waals surface area (Å²) in [5.74, 6) is 0.278. The zero-order valence-corrected chi connectivity index (χ0v) is 16.6. The maximum Gasteiger partial charge on any atom is 0.409 e. The van der Waals surface area contributed by atoms with Crippen LogP contribution in [0, 0.1) is 5.92 Å². The minimum Gasteiger partial charge on any atom is -0.450 e. The number of hydrogen-bond acceptors (Lipinski definition) is 5. The molecule has 0 N–H and O–H groups in total. The van der Waals surface area contributed by atoms with Crippen molar-refractivity contribution in [3.63, 3.8) is 0 Å². The Morgan fingerprint density at radius 1 is 1.04 bits per heavy atom. The van der Waals surface area contributed by atoms with E-state index in [1.54, 1.807) is 23.2 Å². The first-order valence-corrected chi connectivity index (χ1v) is 10.5. The van der Waals surface area contributed by atoms with E-state index in [0.717, 1.165) is 4.88 Å². The molecule has 8 heteroatoms. The van der Waals surface area contributed by atoms with Gasteiger partial charge in [-0.25, -0.2) is 4.79 Å². The minimum absolute atomic E-state index is 0.0232. The number of piperazine rings is 1. The summed E-state index contributed by atoms with van der Waals surface area (Å²) in [4.78, 5) is 43.4. The molecule has 3 heterocycles. The topological polar surface area (TPSA) is 70.2 Å². The predicted molar refractivity (Wildman–Crippen MR) is 103 cm³/mol. The lowest BCUT2D eigenvalue weighted by Crippen LogP contribution is -2.53. The van der Waals surface area contributed by atoms with Gasteiger partial charge in [-0.05, 0) is 31.2 Å². The summed E-state index contributed by atoms with van der Waals surface area (Å²) in [5.41, 5.74) is 0. The van der Waals surface area contributed by atoms with Gasteiger partial charge in [0.2, 0.25) is 11.8 Å². The molecule has 0 unspecified atom stereocenters. The van der Waals surface area contributed by atoms with E-state index in [4.69, 9.17) is 4.74 Å². The number of piperidine rings is 1. The molecule has 7 nitrogen and oxygen atoms in total. The van der Waals surface area contributed by atoms with Gasteiger partial charge in [-0.3, -0.25) is 9.59 Å². The van der Waals surface area contributed by atoms with Crippen LogP contribution in [-0.2, 0) is 20.7 Å². The molecule has 0 saturated carbocycles. The van der Waals surface area contributed by atoms with Crippen LogP contribution in [0.25, 0.3) is 0 Å². The van der Waals surface area contributed by atoms with Crippen LogP contribution in [0.4, 0.5) is 4.79 Å². The van der Waals surface area contributed by atoms with Crippen LogP contribution in [0.15, 0.2) is 17.5 Å². The minimum atomic E-state index is -0.304. The number of amides is 3. The van der Waals surface area contributed by atoms with Crippen molar-refractivity contribution in [2.75, 3.05) is 45.9 Å². The van der Waals surface area contributed by atoms with Crippen molar-refractivity contribution >= 4 is 29.2 Å². The SMILES string of the molecule is CCOC(=O)N1CCN(C(=O)C2CCN(C(=O)Cc3cccs3)CC2)CC1. The van der Waals surface area contributed by atoms with Gasteiger partial charge < -0.3 is 19.4 Å². The molecule has 1 aromatic heterocycles. The Bertz CT molecular complexity index is 648. The standard InChI is InChI=1S/C19H27N3O4S/c1-2-26-19(25)22-11-9-21(10-12-22)18(24)15-5-7-20(8-6-15)17(23)14-16-4-3-13-27-16/h3-4,13,15H,2,5-12,14H2,1H3. The molecule has 148 valence electrons. The van der Waals surface area contributed by atoms with Crippen molar-refractivity contribution in [3.8, 4) is 0 Å². The second kappa shape index (κ2) is 9.21. The molecule has 2 aliphatic rings. The highest BCUT2D eigenvalue weighted by atomic mass is 32.1. The van der Waals surface area contributed by atoms with Crippen molar-refractivity contribution in [1.82, 2.24) is 14.7 Å². The number of ether oxygens (including phenoxy) is 1. The van der Waals surface area contributed by atoms with Crippen LogP contribution in [0.5, 0.6) is 0 Å². The largest absolute Gasteiger partial charge is 0.450 e. The third kappa shape index (κ3) is 5.00. The van der Waals surface area contributed by atoms with E-state index in [0.29, 0.717) is 65.1 Å². The number of hydrogen-bond donors (Lipinski definition) is 0. The van der Waals surface area contributed by atoms with Crippen molar-refractivity contribution < 1.29 is 19.1 Å². The van der Waals surface area contributed by atoms with Gasteiger partial charge in [0, 0.05) is 50.1 Å². The van der Waals surface area contributed by atoms with E-state index in [2.05, 4.69) is 0 Å². The molecule has 0 bridgehead atoms. The number of thiophene rings is 1. The Morgan fingerprint density at radius 3 is 2.30 bits per heavy atom. The highest BCUT2D eigenvalue weighted by Gasteiger charge is 2.32. The van der Waals surface area contributed by atoms with Gasteiger partial charge in [0.15, 0.2) is 0 Å². The summed E-state index contributed by atoms with van der Waals surface area (Å²) in [5, 5.41) is 1.98. The van der Waals surface area contributed by atoms with Crippen LogP contribution >= 0.6 is 11.3 Å². The zero-order chi connectivity index (χ0) is 19.2. The molecule has 0 spiro atoms. The van der Waals surface area contributed by atoms with Crippen LogP contribution in [0.3, 0.4) is 0 Å². The maximum atomic E-state index is 12.8. The molecule has 0 atom stereocenters. The third-order valence-electron chi connectivity index (χ3n) is 5.22. The van der Waals surface area contributed by atoms with Crippen molar-refractivity contribution in [2.45, 2.75) is 26.2 Å². The van der Waals surface area contributed by atoms with E-state index in [1.807, 2.05) is 27.3 Å². The second-order valence-corrected chi connectivity index (χ2v) is 7.95. The van der Waals surface area contributed by atoms with Crippen molar-refractivity contribution in [1.29, 1.82) is 0 Å². The summed E-state index contributed by atoms with van der Waals surface area (Å²) in [6, 6.07) is 3.94. The Labute approximate surface area is 163 Å². The van der Waals surface area contributed by atoms with E-state index in [9.17, 15) is 14.4 Å². The van der Waals surface area contributed by atoms with E-state index in [-0.39, 0.29) is 23.8 Å². The van der Waals surface area contributed by atoms with Gasteiger partial charge >= 0.3 is 6.09 Å². The molecule has 0 aromatic carbocycles. The number of carbonyl (C=O) groups is 3. The highest BCUT2D eigenvalue weighted by molar-refractivity contribution is 7.10. The Kier molecular flexibility index (Phi) is 6.71. The predicted octanol–water partition coefficient (Wildman–Crippen LogP) is 1.83. The molecule has 3 amide bonds. The molecule has 0 radical (unpaired) electrons. The van der Waals surface area contributed by atoms with Gasteiger partial charge in [-0.15, -0.1) is 11.3 Å². The third-order valence-corrected chi connectivity index (χ3v) is 6.10. The highest BCUT2D eigenvalue weighted by Crippen LogP contribution is 2.22. The van der Waals surface area contributed by atoms with Gasteiger partial charge in [0.1, 0.15) is 0 Å². The maximum absolute atomic E-state index is 12.8. The Morgan fingerprint density at radius 2 is 1.70 bits per heavy atom. The molecule has 1 aromatic rings. The van der Waals surface area contributed by atoms with E-state index < -0.39 is 0 Å². The van der Waals surface area contributed by atoms with E-state index in [1.165, 1.54) is 0 Å². The molecular formula is C19H27N3O4S. The second-order valence-electron chi connectivity index (χ2n) is 6.92. The lowest BCUT2D eigenvalue weighted by atomic mass is 9.94. The molecule has 2 aliphatic heterocycles. The summed E-state index contributed by atoms with van der Waals surface area (Å²) in [6.45, 7) is 5.57. The number of nitrogens with zero attached hydrogens (tertiary/aromatic N) is 3. The fourth-order valence-corrected chi connectivity index (χ4v) is 4.33. The average Bonchev–Trinajstić information content (AvgIpc) is 3.21. The smallest absolute Gasteiger partial charge is 0.409 e. The van der Waals surface area contributed by atoms with Crippen LogP contribution < -0.4 is 0 Å². The molecule has 2 fully saturated rings. The Balaban J connectivity index is 1.42. The number of carbonyl (C=O) groups excluding carboxylic acids is 3.